The minimum absolute atomic E-state index is 0.429. The van der Waals surface area contributed by atoms with Crippen LogP contribution < -0.4 is 10.2 Å². The van der Waals surface area contributed by atoms with Gasteiger partial charge in [0.15, 0.2) is 5.13 Å². The lowest BCUT2D eigenvalue weighted by Crippen LogP contribution is -2.29. The van der Waals surface area contributed by atoms with Crippen LogP contribution in [0.2, 0.25) is 0 Å². The number of carbonyl (C=O) groups is 1. The van der Waals surface area contributed by atoms with E-state index in [4.69, 9.17) is 4.74 Å². The number of carbonyl (C=O) groups excluding carboxylic acids is 1. The molecular formula is C13H21N3O2S. The van der Waals surface area contributed by atoms with E-state index >= 15 is 0 Å². The highest BCUT2D eigenvalue weighted by molar-refractivity contribution is 7.19. The molecule has 5 nitrogen and oxygen atoms in total. The Labute approximate surface area is 118 Å². The Morgan fingerprint density at radius 3 is 2.68 bits per heavy atom. The predicted octanol–water partition coefficient (Wildman–Crippen LogP) is 3.48. The second-order valence-corrected chi connectivity index (χ2v) is 6.69. The molecule has 1 aliphatic heterocycles. The molecule has 0 unspecified atom stereocenters. The summed E-state index contributed by atoms with van der Waals surface area (Å²) in [7, 11) is 0. The third-order valence-electron chi connectivity index (χ3n) is 2.74. The molecule has 6 heteroatoms. The van der Waals surface area contributed by atoms with Crippen LogP contribution in [0, 0.1) is 0 Å². The Bertz CT molecular complexity index is 433. The van der Waals surface area contributed by atoms with Gasteiger partial charge in [-0.15, -0.1) is 0 Å². The van der Waals surface area contributed by atoms with E-state index in [1.54, 1.807) is 6.20 Å². The van der Waals surface area contributed by atoms with Gasteiger partial charge in [-0.2, -0.15) is 0 Å². The van der Waals surface area contributed by atoms with Crippen LogP contribution in [0.25, 0.3) is 0 Å². The van der Waals surface area contributed by atoms with Crippen LogP contribution in [0.4, 0.5) is 14.9 Å². The highest BCUT2D eigenvalue weighted by atomic mass is 32.1. The lowest BCUT2D eigenvalue weighted by molar-refractivity contribution is 0.0636. The van der Waals surface area contributed by atoms with Gasteiger partial charge in [0.25, 0.3) is 0 Å². The zero-order valence-electron chi connectivity index (χ0n) is 11.7. The number of ether oxygens (including phenoxy) is 1. The predicted molar refractivity (Wildman–Crippen MR) is 78.0 cm³/mol. The van der Waals surface area contributed by atoms with E-state index in [0.717, 1.165) is 23.2 Å². The minimum Gasteiger partial charge on any atom is -0.444 e. The van der Waals surface area contributed by atoms with Crippen molar-refractivity contribution < 1.29 is 9.53 Å². The van der Waals surface area contributed by atoms with Crippen LogP contribution in [0.3, 0.4) is 0 Å². The van der Waals surface area contributed by atoms with Gasteiger partial charge >= 0.3 is 6.09 Å². The number of anilines is 2. The summed E-state index contributed by atoms with van der Waals surface area (Å²) in [6, 6.07) is 0. The van der Waals surface area contributed by atoms with Gasteiger partial charge in [-0.1, -0.05) is 11.3 Å². The number of nitrogens with one attached hydrogen (secondary N) is 1. The lowest BCUT2D eigenvalue weighted by Gasteiger charge is -2.25. The number of rotatable bonds is 2. The number of hydrogen-bond donors (Lipinski definition) is 1. The fraction of sp³-hybridized carbons (Fsp3) is 0.692. The fourth-order valence-corrected chi connectivity index (χ4v) is 2.81. The second-order valence-electron chi connectivity index (χ2n) is 5.68. The molecule has 1 amide bonds. The standard InChI is InChI=1S/C13H21N3O2S/c1-13(2,3)18-12(17)15-10-9-14-11(19-10)16-7-5-4-6-8-16/h9H,4-8H2,1-3H3,(H,15,17). The van der Waals surface area contributed by atoms with Crippen LogP contribution in [-0.2, 0) is 4.74 Å². The summed E-state index contributed by atoms with van der Waals surface area (Å²) in [6.45, 7) is 7.65. The van der Waals surface area contributed by atoms with Crippen molar-refractivity contribution in [3.05, 3.63) is 6.20 Å². The molecule has 0 aliphatic carbocycles. The monoisotopic (exact) mass is 283 g/mol. The highest BCUT2D eigenvalue weighted by Crippen LogP contribution is 2.29. The molecule has 1 aliphatic rings. The van der Waals surface area contributed by atoms with E-state index in [9.17, 15) is 4.79 Å². The molecule has 1 fully saturated rings. The molecule has 0 aromatic carbocycles. The number of hydrogen-bond acceptors (Lipinski definition) is 5. The van der Waals surface area contributed by atoms with Gasteiger partial charge in [-0.3, -0.25) is 5.32 Å². The molecule has 0 bridgehead atoms. The topological polar surface area (TPSA) is 54.5 Å². The number of aromatic nitrogens is 1. The Hall–Kier alpha value is -1.30. The summed E-state index contributed by atoms with van der Waals surface area (Å²) in [6.07, 6.45) is 4.99. The quantitative estimate of drug-likeness (QED) is 0.903. The van der Waals surface area contributed by atoms with Gasteiger partial charge < -0.3 is 9.64 Å². The molecule has 1 saturated heterocycles. The molecule has 2 heterocycles. The summed E-state index contributed by atoms with van der Waals surface area (Å²) in [5, 5.41) is 4.44. The third kappa shape index (κ3) is 4.38. The first-order valence-electron chi connectivity index (χ1n) is 6.65. The number of thiazole rings is 1. The summed E-state index contributed by atoms with van der Waals surface area (Å²) < 4.78 is 5.21. The largest absolute Gasteiger partial charge is 0.444 e. The van der Waals surface area contributed by atoms with Crippen LogP contribution >= 0.6 is 11.3 Å². The van der Waals surface area contributed by atoms with Gasteiger partial charge in [0.05, 0.1) is 6.20 Å². The van der Waals surface area contributed by atoms with Crippen LogP contribution in [0.15, 0.2) is 6.20 Å². The SMILES string of the molecule is CC(C)(C)OC(=O)Nc1cnc(N2CCCCC2)s1. The van der Waals surface area contributed by atoms with E-state index in [1.165, 1.54) is 30.6 Å². The molecule has 1 N–H and O–H groups in total. The summed E-state index contributed by atoms with van der Waals surface area (Å²) >= 11 is 1.50. The average Bonchev–Trinajstić information content (AvgIpc) is 2.76. The second kappa shape index (κ2) is 5.77. The van der Waals surface area contributed by atoms with Gasteiger partial charge in [0, 0.05) is 13.1 Å². The zero-order valence-corrected chi connectivity index (χ0v) is 12.5. The number of nitrogens with zero attached hydrogens (tertiary/aromatic N) is 2. The van der Waals surface area contributed by atoms with Crippen molar-refractivity contribution in [2.75, 3.05) is 23.3 Å². The molecule has 0 atom stereocenters. The maximum Gasteiger partial charge on any atom is 0.412 e. The Kier molecular flexibility index (Phi) is 4.29. The maximum atomic E-state index is 11.6. The first kappa shape index (κ1) is 14.1. The van der Waals surface area contributed by atoms with Crippen molar-refractivity contribution in [3.63, 3.8) is 0 Å². The maximum absolute atomic E-state index is 11.6. The van der Waals surface area contributed by atoms with Crippen molar-refractivity contribution in [2.24, 2.45) is 0 Å². The van der Waals surface area contributed by atoms with Crippen LogP contribution in [0.5, 0.6) is 0 Å². The minimum atomic E-state index is -0.482. The first-order valence-corrected chi connectivity index (χ1v) is 7.46. The van der Waals surface area contributed by atoms with E-state index in [1.807, 2.05) is 20.8 Å². The number of amides is 1. The Morgan fingerprint density at radius 2 is 2.05 bits per heavy atom. The molecule has 19 heavy (non-hydrogen) atoms. The zero-order chi connectivity index (χ0) is 13.9. The molecule has 1 aromatic heterocycles. The molecule has 106 valence electrons. The summed E-state index contributed by atoms with van der Waals surface area (Å²) in [5.74, 6) is 0. The molecule has 1 aromatic rings. The van der Waals surface area contributed by atoms with E-state index in [2.05, 4.69) is 15.2 Å². The lowest BCUT2D eigenvalue weighted by atomic mass is 10.1. The van der Waals surface area contributed by atoms with Gasteiger partial charge in [-0.25, -0.2) is 9.78 Å². The van der Waals surface area contributed by atoms with E-state index in [0.29, 0.717) is 0 Å². The smallest absolute Gasteiger partial charge is 0.412 e. The van der Waals surface area contributed by atoms with Gasteiger partial charge in [0.1, 0.15) is 10.6 Å². The van der Waals surface area contributed by atoms with Gasteiger partial charge in [-0.05, 0) is 40.0 Å². The van der Waals surface area contributed by atoms with Crippen molar-refractivity contribution in [2.45, 2.75) is 45.6 Å². The first-order chi connectivity index (χ1) is 8.94. The van der Waals surface area contributed by atoms with Crippen LogP contribution in [0.1, 0.15) is 40.0 Å². The Morgan fingerprint density at radius 1 is 1.37 bits per heavy atom. The average molecular weight is 283 g/mol. The summed E-state index contributed by atoms with van der Waals surface area (Å²) in [5.41, 5.74) is -0.482. The molecule has 0 radical (unpaired) electrons. The molecular weight excluding hydrogens is 262 g/mol. The Balaban J connectivity index is 1.91. The van der Waals surface area contributed by atoms with Gasteiger partial charge in [0.2, 0.25) is 0 Å². The molecule has 2 rings (SSSR count). The number of piperidine rings is 1. The van der Waals surface area contributed by atoms with Crippen molar-refractivity contribution in [1.29, 1.82) is 0 Å². The normalized spacial score (nSPS) is 16.3. The van der Waals surface area contributed by atoms with Crippen LogP contribution in [-0.4, -0.2) is 29.8 Å². The molecule has 0 spiro atoms. The van der Waals surface area contributed by atoms with Crippen molar-refractivity contribution in [3.8, 4) is 0 Å². The summed E-state index contributed by atoms with van der Waals surface area (Å²) in [4.78, 5) is 18.3. The van der Waals surface area contributed by atoms with Crippen molar-refractivity contribution in [1.82, 2.24) is 4.98 Å². The highest BCUT2D eigenvalue weighted by Gasteiger charge is 2.18. The van der Waals surface area contributed by atoms with E-state index in [-0.39, 0.29) is 0 Å². The molecule has 0 saturated carbocycles. The van der Waals surface area contributed by atoms with E-state index < -0.39 is 11.7 Å². The third-order valence-corrected chi connectivity index (χ3v) is 3.72. The fourth-order valence-electron chi connectivity index (χ4n) is 1.96. The van der Waals surface area contributed by atoms with Crippen molar-refractivity contribution >= 4 is 27.6 Å².